The maximum Gasteiger partial charge on any atom is 0.137 e. The first-order valence-electron chi connectivity index (χ1n) is 9.81. The molecule has 0 amide bonds. The molecule has 0 radical (unpaired) electrons. The van der Waals surface area contributed by atoms with Gasteiger partial charge in [-0.05, 0) is 36.2 Å². The van der Waals surface area contributed by atoms with E-state index in [1.807, 2.05) is 18.2 Å². The summed E-state index contributed by atoms with van der Waals surface area (Å²) in [7, 11) is 0. The lowest BCUT2D eigenvalue weighted by Crippen LogP contribution is -2.29. The minimum absolute atomic E-state index is 0.215. The van der Waals surface area contributed by atoms with Gasteiger partial charge in [-0.15, -0.1) is 0 Å². The summed E-state index contributed by atoms with van der Waals surface area (Å²) in [4.78, 5) is 4.85. The molecule has 0 atom stereocenters. The van der Waals surface area contributed by atoms with E-state index in [9.17, 15) is 0 Å². The minimum atomic E-state index is 0.215. The van der Waals surface area contributed by atoms with E-state index < -0.39 is 0 Å². The van der Waals surface area contributed by atoms with Crippen LogP contribution in [0.15, 0.2) is 113 Å². The summed E-state index contributed by atoms with van der Waals surface area (Å²) in [6.07, 6.45) is 3.40. The molecule has 0 saturated carbocycles. The summed E-state index contributed by atoms with van der Waals surface area (Å²) in [6.45, 7) is 2.80. The van der Waals surface area contributed by atoms with E-state index in [1.54, 1.807) is 12.5 Å². The van der Waals surface area contributed by atoms with Crippen molar-refractivity contribution in [1.82, 2.24) is 5.32 Å². The van der Waals surface area contributed by atoms with Gasteiger partial charge in [-0.1, -0.05) is 78.4 Å². The second kappa shape index (κ2) is 9.07. The van der Waals surface area contributed by atoms with Crippen LogP contribution in [0.25, 0.3) is 0 Å². The monoisotopic (exact) mass is 380 g/mol. The van der Waals surface area contributed by atoms with Gasteiger partial charge in [0.15, 0.2) is 0 Å². The molecule has 1 aromatic heterocycles. The van der Waals surface area contributed by atoms with Crippen LogP contribution in [0, 0.1) is 6.92 Å². The molecule has 4 rings (SSSR count). The van der Waals surface area contributed by atoms with Crippen LogP contribution >= 0.6 is 0 Å². The van der Waals surface area contributed by atoms with Crippen LogP contribution < -0.4 is 5.32 Å². The van der Waals surface area contributed by atoms with Crippen LogP contribution in [0.2, 0.25) is 0 Å². The van der Waals surface area contributed by atoms with Crippen molar-refractivity contribution in [3.63, 3.8) is 0 Å². The highest BCUT2D eigenvalue weighted by Crippen LogP contribution is 2.24. The zero-order valence-corrected chi connectivity index (χ0v) is 16.5. The molecule has 0 aliphatic rings. The van der Waals surface area contributed by atoms with Crippen molar-refractivity contribution >= 4 is 11.5 Å². The zero-order valence-electron chi connectivity index (χ0n) is 16.5. The van der Waals surface area contributed by atoms with E-state index in [1.165, 1.54) is 16.7 Å². The third kappa shape index (κ3) is 4.82. The number of rotatable bonds is 6. The van der Waals surface area contributed by atoms with Gasteiger partial charge in [-0.25, -0.2) is 4.99 Å². The van der Waals surface area contributed by atoms with Crippen molar-refractivity contribution in [2.75, 3.05) is 6.54 Å². The van der Waals surface area contributed by atoms with Crippen molar-refractivity contribution in [2.45, 2.75) is 12.8 Å². The molecule has 29 heavy (non-hydrogen) atoms. The summed E-state index contributed by atoms with van der Waals surface area (Å²) >= 11 is 0. The lowest BCUT2D eigenvalue weighted by Gasteiger charge is -2.20. The molecule has 3 heteroatoms. The molecule has 0 spiro atoms. The average molecular weight is 380 g/mol. The molecule has 1 heterocycles. The minimum Gasteiger partial charge on any atom is -0.472 e. The predicted molar refractivity (Wildman–Crippen MR) is 119 cm³/mol. The van der Waals surface area contributed by atoms with Crippen molar-refractivity contribution < 1.29 is 4.42 Å². The fraction of sp³-hybridized carbons (Fsp3) is 0.115. The van der Waals surface area contributed by atoms with Crippen molar-refractivity contribution in [3.05, 3.63) is 126 Å². The van der Waals surface area contributed by atoms with Gasteiger partial charge >= 0.3 is 0 Å². The highest BCUT2D eigenvalue weighted by Gasteiger charge is 2.15. The SMILES string of the molecule is Cc1ccc(/N=C(\NCC(c2ccccc2)c2ccccc2)c2ccoc2)cc1. The third-order valence-electron chi connectivity index (χ3n) is 4.95. The Morgan fingerprint density at radius 1 is 0.828 bits per heavy atom. The molecule has 0 saturated heterocycles. The number of aliphatic imine (C=N–C) groups is 1. The largest absolute Gasteiger partial charge is 0.472 e. The summed E-state index contributed by atoms with van der Waals surface area (Å²) in [5.41, 5.74) is 5.61. The van der Waals surface area contributed by atoms with Crippen molar-refractivity contribution in [1.29, 1.82) is 0 Å². The van der Waals surface area contributed by atoms with Crippen molar-refractivity contribution in [2.24, 2.45) is 4.99 Å². The van der Waals surface area contributed by atoms with E-state index in [0.29, 0.717) is 0 Å². The quantitative estimate of drug-likeness (QED) is 0.325. The molecule has 3 nitrogen and oxygen atoms in total. The van der Waals surface area contributed by atoms with Gasteiger partial charge in [0.25, 0.3) is 0 Å². The van der Waals surface area contributed by atoms with Gasteiger partial charge < -0.3 is 9.73 Å². The van der Waals surface area contributed by atoms with Gasteiger partial charge in [-0.3, -0.25) is 0 Å². The highest BCUT2D eigenvalue weighted by atomic mass is 16.3. The van der Waals surface area contributed by atoms with Gasteiger partial charge in [0.1, 0.15) is 12.1 Å². The second-order valence-corrected chi connectivity index (χ2v) is 7.06. The van der Waals surface area contributed by atoms with Crippen molar-refractivity contribution in [3.8, 4) is 0 Å². The molecular weight excluding hydrogens is 356 g/mol. The van der Waals surface area contributed by atoms with Crippen LogP contribution in [0.5, 0.6) is 0 Å². The first kappa shape index (κ1) is 18.8. The Labute approximate surface area is 171 Å². The lowest BCUT2D eigenvalue weighted by atomic mass is 9.91. The van der Waals surface area contributed by atoms with E-state index in [-0.39, 0.29) is 5.92 Å². The molecular formula is C26H24N2O. The van der Waals surface area contributed by atoms with Gasteiger partial charge in [0, 0.05) is 12.5 Å². The average Bonchev–Trinajstić information content (AvgIpc) is 3.31. The standard InChI is InChI=1S/C26H24N2O/c1-20-12-14-24(15-13-20)28-26(23-16-17-29-19-23)27-18-25(21-8-4-2-5-9-21)22-10-6-3-7-11-22/h2-17,19,25H,18H2,1H3,(H,27,28). The molecule has 4 aromatic rings. The molecule has 0 unspecified atom stereocenters. The number of nitrogens with one attached hydrogen (secondary N) is 1. The number of aryl methyl sites for hydroxylation is 1. The van der Waals surface area contributed by atoms with Crippen LogP contribution in [0.3, 0.4) is 0 Å². The number of hydrogen-bond acceptors (Lipinski definition) is 2. The molecule has 0 aliphatic carbocycles. The Bertz CT molecular complexity index is 998. The second-order valence-electron chi connectivity index (χ2n) is 7.06. The van der Waals surface area contributed by atoms with Crippen LogP contribution in [-0.2, 0) is 0 Å². The fourth-order valence-corrected chi connectivity index (χ4v) is 3.35. The Kier molecular flexibility index (Phi) is 5.87. The molecule has 1 N–H and O–H groups in total. The van der Waals surface area contributed by atoms with E-state index in [4.69, 9.17) is 9.41 Å². The zero-order chi connectivity index (χ0) is 19.9. The Morgan fingerprint density at radius 2 is 1.45 bits per heavy atom. The van der Waals surface area contributed by atoms with Crippen LogP contribution in [-0.4, -0.2) is 12.4 Å². The third-order valence-corrected chi connectivity index (χ3v) is 4.95. The number of furan rings is 1. The molecule has 0 fully saturated rings. The number of benzene rings is 3. The Hall–Kier alpha value is -3.59. The molecule has 3 aromatic carbocycles. The topological polar surface area (TPSA) is 37.5 Å². The maximum absolute atomic E-state index is 5.31. The number of hydrogen-bond donors (Lipinski definition) is 1. The molecule has 144 valence electrons. The summed E-state index contributed by atoms with van der Waals surface area (Å²) in [6, 6.07) is 31.3. The van der Waals surface area contributed by atoms with Crippen LogP contribution in [0.1, 0.15) is 28.2 Å². The fourth-order valence-electron chi connectivity index (χ4n) is 3.35. The molecule has 0 bridgehead atoms. The van der Waals surface area contributed by atoms with E-state index in [2.05, 4.69) is 85.0 Å². The first-order chi connectivity index (χ1) is 14.3. The number of nitrogens with zero attached hydrogens (tertiary/aromatic N) is 1. The number of amidine groups is 1. The highest BCUT2D eigenvalue weighted by molar-refractivity contribution is 6.00. The predicted octanol–water partition coefficient (Wildman–Crippen LogP) is 6.09. The first-order valence-corrected chi connectivity index (χ1v) is 9.81. The summed E-state index contributed by atoms with van der Waals surface area (Å²) in [5.74, 6) is 1.02. The van der Waals surface area contributed by atoms with Crippen LogP contribution in [0.4, 0.5) is 5.69 Å². The Morgan fingerprint density at radius 3 is 2.00 bits per heavy atom. The lowest BCUT2D eigenvalue weighted by molar-refractivity contribution is 0.566. The smallest absolute Gasteiger partial charge is 0.137 e. The van der Waals surface area contributed by atoms with Gasteiger partial charge in [0.05, 0.1) is 17.5 Å². The van der Waals surface area contributed by atoms with E-state index >= 15 is 0 Å². The van der Waals surface area contributed by atoms with Gasteiger partial charge in [-0.2, -0.15) is 0 Å². The Balaban J connectivity index is 1.63. The molecule has 0 aliphatic heterocycles. The summed E-state index contributed by atoms with van der Waals surface area (Å²) in [5, 5.41) is 3.57. The van der Waals surface area contributed by atoms with E-state index in [0.717, 1.165) is 23.6 Å². The normalized spacial score (nSPS) is 11.6. The van der Waals surface area contributed by atoms with Gasteiger partial charge in [0.2, 0.25) is 0 Å². The summed E-state index contributed by atoms with van der Waals surface area (Å²) < 4.78 is 5.31. The maximum atomic E-state index is 5.31.